The average molecular weight is 266 g/mol. The molecular formula is C10H7FN4O4. The van der Waals surface area contributed by atoms with Crippen LogP contribution in [0.25, 0.3) is 5.69 Å². The van der Waals surface area contributed by atoms with Crippen molar-refractivity contribution >= 4 is 11.7 Å². The van der Waals surface area contributed by atoms with Crippen LogP contribution in [-0.4, -0.2) is 32.8 Å². The Labute approximate surface area is 105 Å². The number of carbonyl (C=O) groups is 1. The Hall–Kier alpha value is -2.84. The highest BCUT2D eigenvalue weighted by Gasteiger charge is 2.19. The number of hydrogen-bond donors (Lipinski definition) is 0. The molecule has 1 heterocycles. The van der Waals surface area contributed by atoms with Gasteiger partial charge in [-0.3, -0.25) is 10.1 Å². The SMILES string of the molecule is COC(=O)c1ncn(-c2ccc(F)cc2[N+](=O)[O-])n1. The minimum atomic E-state index is -0.775. The first-order valence-corrected chi connectivity index (χ1v) is 4.97. The third-order valence-corrected chi connectivity index (χ3v) is 2.24. The van der Waals surface area contributed by atoms with Gasteiger partial charge < -0.3 is 4.74 Å². The van der Waals surface area contributed by atoms with Crippen molar-refractivity contribution in [2.45, 2.75) is 0 Å². The number of methoxy groups -OCH3 is 1. The number of carbonyl (C=O) groups excluding carboxylic acids is 1. The summed E-state index contributed by atoms with van der Waals surface area (Å²) >= 11 is 0. The zero-order valence-corrected chi connectivity index (χ0v) is 9.61. The zero-order valence-electron chi connectivity index (χ0n) is 9.61. The molecule has 0 amide bonds. The predicted octanol–water partition coefficient (Wildman–Crippen LogP) is 1.10. The van der Waals surface area contributed by atoms with Crippen LogP contribution in [0.1, 0.15) is 10.6 Å². The minimum Gasteiger partial charge on any atom is -0.463 e. The smallest absolute Gasteiger partial charge is 0.377 e. The van der Waals surface area contributed by atoms with Gasteiger partial charge in [-0.25, -0.2) is 18.9 Å². The molecule has 0 N–H and O–H groups in total. The van der Waals surface area contributed by atoms with Crippen molar-refractivity contribution in [2.24, 2.45) is 0 Å². The Balaban J connectivity index is 2.50. The maximum absolute atomic E-state index is 13.0. The van der Waals surface area contributed by atoms with Crippen LogP contribution in [0, 0.1) is 15.9 Å². The number of halogens is 1. The quantitative estimate of drug-likeness (QED) is 0.468. The summed E-state index contributed by atoms with van der Waals surface area (Å²) in [4.78, 5) is 24.9. The third kappa shape index (κ3) is 2.39. The van der Waals surface area contributed by atoms with Crippen molar-refractivity contribution in [2.75, 3.05) is 7.11 Å². The average Bonchev–Trinajstić information content (AvgIpc) is 2.87. The van der Waals surface area contributed by atoms with Crippen molar-refractivity contribution in [1.82, 2.24) is 14.8 Å². The normalized spacial score (nSPS) is 10.2. The fourth-order valence-corrected chi connectivity index (χ4v) is 1.40. The summed E-state index contributed by atoms with van der Waals surface area (Å²) in [6, 6.07) is 2.97. The molecule has 0 bridgehead atoms. The van der Waals surface area contributed by atoms with E-state index in [-0.39, 0.29) is 11.5 Å². The van der Waals surface area contributed by atoms with E-state index >= 15 is 0 Å². The number of esters is 1. The third-order valence-electron chi connectivity index (χ3n) is 2.24. The summed E-state index contributed by atoms with van der Waals surface area (Å²) in [5.41, 5.74) is -0.490. The fourth-order valence-electron chi connectivity index (χ4n) is 1.40. The van der Waals surface area contributed by atoms with Gasteiger partial charge in [-0.15, -0.1) is 5.10 Å². The van der Waals surface area contributed by atoms with Crippen LogP contribution in [0.2, 0.25) is 0 Å². The largest absolute Gasteiger partial charge is 0.463 e. The molecular weight excluding hydrogens is 259 g/mol. The van der Waals surface area contributed by atoms with Gasteiger partial charge in [-0.1, -0.05) is 0 Å². The summed E-state index contributed by atoms with van der Waals surface area (Å²) in [6.45, 7) is 0. The van der Waals surface area contributed by atoms with Gasteiger partial charge in [0.2, 0.25) is 0 Å². The van der Waals surface area contributed by atoms with Crippen LogP contribution in [0.5, 0.6) is 0 Å². The lowest BCUT2D eigenvalue weighted by molar-refractivity contribution is -0.384. The minimum absolute atomic E-state index is 0.00551. The number of nitrogens with zero attached hydrogens (tertiary/aromatic N) is 4. The van der Waals surface area contributed by atoms with Gasteiger partial charge in [0.1, 0.15) is 17.8 Å². The Morgan fingerprint density at radius 3 is 2.89 bits per heavy atom. The zero-order chi connectivity index (χ0) is 14.0. The van der Waals surface area contributed by atoms with Crippen molar-refractivity contribution in [3.63, 3.8) is 0 Å². The van der Waals surface area contributed by atoms with Crippen molar-refractivity contribution < 1.29 is 18.8 Å². The van der Waals surface area contributed by atoms with Crippen LogP contribution >= 0.6 is 0 Å². The van der Waals surface area contributed by atoms with Crippen LogP contribution in [-0.2, 0) is 4.74 Å². The standard InChI is InChI=1S/C10H7FN4O4/c1-19-10(16)9-12-5-14(13-9)7-3-2-6(11)4-8(7)15(17)18/h2-5H,1H3. The molecule has 0 atom stereocenters. The van der Waals surface area contributed by atoms with E-state index in [2.05, 4.69) is 14.8 Å². The number of ether oxygens (including phenoxy) is 1. The Morgan fingerprint density at radius 1 is 1.53 bits per heavy atom. The molecule has 0 fully saturated rings. The van der Waals surface area contributed by atoms with E-state index in [0.717, 1.165) is 30.3 Å². The first kappa shape index (κ1) is 12.6. The van der Waals surface area contributed by atoms with Crippen molar-refractivity contribution in [1.29, 1.82) is 0 Å². The molecule has 2 rings (SSSR count). The molecule has 1 aromatic carbocycles. The molecule has 0 aliphatic heterocycles. The van der Waals surface area contributed by atoms with Gasteiger partial charge in [0.25, 0.3) is 11.5 Å². The van der Waals surface area contributed by atoms with Crippen LogP contribution in [0.4, 0.5) is 10.1 Å². The molecule has 0 saturated heterocycles. The molecule has 0 unspecified atom stereocenters. The summed E-state index contributed by atoms with van der Waals surface area (Å²) in [6.07, 6.45) is 1.10. The molecule has 0 radical (unpaired) electrons. The van der Waals surface area contributed by atoms with E-state index in [1.807, 2.05) is 0 Å². The molecule has 1 aromatic heterocycles. The monoisotopic (exact) mass is 266 g/mol. The second kappa shape index (κ2) is 4.80. The Bertz CT molecular complexity index is 655. The Kier molecular flexibility index (Phi) is 3.19. The van der Waals surface area contributed by atoms with Crippen LogP contribution in [0.3, 0.4) is 0 Å². The van der Waals surface area contributed by atoms with Crippen molar-refractivity contribution in [3.05, 3.63) is 46.3 Å². The fraction of sp³-hybridized carbons (Fsp3) is 0.100. The summed E-state index contributed by atoms with van der Waals surface area (Å²) in [5, 5.41) is 14.6. The second-order valence-corrected chi connectivity index (χ2v) is 3.39. The highest BCUT2D eigenvalue weighted by Crippen LogP contribution is 2.22. The topological polar surface area (TPSA) is 100 Å². The van der Waals surface area contributed by atoms with Crippen LogP contribution < -0.4 is 0 Å². The van der Waals surface area contributed by atoms with E-state index in [9.17, 15) is 19.3 Å². The van der Waals surface area contributed by atoms with E-state index in [1.165, 1.54) is 6.07 Å². The molecule has 8 nitrogen and oxygen atoms in total. The summed E-state index contributed by atoms with van der Waals surface area (Å²) in [5.74, 6) is -1.77. The predicted molar refractivity (Wildman–Crippen MR) is 59.3 cm³/mol. The second-order valence-electron chi connectivity index (χ2n) is 3.39. The lowest BCUT2D eigenvalue weighted by Gasteiger charge is -2.01. The van der Waals surface area contributed by atoms with Gasteiger partial charge >= 0.3 is 5.97 Å². The number of hydrogen-bond acceptors (Lipinski definition) is 6. The van der Waals surface area contributed by atoms with Gasteiger partial charge in [0.15, 0.2) is 0 Å². The highest BCUT2D eigenvalue weighted by atomic mass is 19.1. The van der Waals surface area contributed by atoms with Gasteiger partial charge in [-0.2, -0.15) is 0 Å². The molecule has 0 saturated carbocycles. The summed E-state index contributed by atoms with van der Waals surface area (Å²) in [7, 11) is 1.16. The van der Waals surface area contributed by atoms with Crippen LogP contribution in [0.15, 0.2) is 24.5 Å². The van der Waals surface area contributed by atoms with E-state index in [1.54, 1.807) is 0 Å². The first-order valence-electron chi connectivity index (χ1n) is 4.97. The lowest BCUT2D eigenvalue weighted by Crippen LogP contribution is -2.06. The Morgan fingerprint density at radius 2 is 2.26 bits per heavy atom. The first-order chi connectivity index (χ1) is 9.02. The molecule has 0 aliphatic rings. The number of aromatic nitrogens is 3. The molecule has 19 heavy (non-hydrogen) atoms. The van der Waals surface area contributed by atoms with E-state index in [0.29, 0.717) is 0 Å². The maximum Gasteiger partial charge on any atom is 0.377 e. The number of nitro benzene ring substituents is 1. The molecule has 0 aliphatic carbocycles. The maximum atomic E-state index is 13.0. The van der Waals surface area contributed by atoms with Gasteiger partial charge in [0.05, 0.1) is 18.1 Å². The number of benzene rings is 1. The van der Waals surface area contributed by atoms with Gasteiger partial charge in [0, 0.05) is 0 Å². The van der Waals surface area contributed by atoms with E-state index < -0.39 is 22.4 Å². The molecule has 9 heteroatoms. The van der Waals surface area contributed by atoms with Crippen molar-refractivity contribution in [3.8, 4) is 5.69 Å². The lowest BCUT2D eigenvalue weighted by atomic mass is 10.2. The van der Waals surface area contributed by atoms with E-state index in [4.69, 9.17) is 0 Å². The molecule has 98 valence electrons. The summed E-state index contributed by atoms with van der Waals surface area (Å²) < 4.78 is 18.4. The van der Waals surface area contributed by atoms with Gasteiger partial charge in [-0.05, 0) is 12.1 Å². The number of nitro groups is 1. The highest BCUT2D eigenvalue weighted by molar-refractivity contribution is 5.84. The number of rotatable bonds is 3. The molecule has 2 aromatic rings. The molecule has 0 spiro atoms.